The molecule has 2 aliphatic rings. The molecule has 30 heavy (non-hydrogen) atoms. The lowest BCUT2D eigenvalue weighted by Crippen LogP contribution is -2.50. The zero-order valence-electron chi connectivity index (χ0n) is 17.2. The Labute approximate surface area is 177 Å². The molecule has 1 fully saturated rings. The number of piperidine rings is 1. The van der Waals surface area contributed by atoms with Crippen molar-refractivity contribution < 1.29 is 22.7 Å². The van der Waals surface area contributed by atoms with E-state index in [1.807, 2.05) is 32.0 Å². The van der Waals surface area contributed by atoms with E-state index in [4.69, 9.17) is 9.47 Å². The molecule has 1 saturated heterocycles. The van der Waals surface area contributed by atoms with Gasteiger partial charge >= 0.3 is 6.09 Å². The number of fused-ring (bicyclic) bond motifs is 1. The van der Waals surface area contributed by atoms with Gasteiger partial charge in [-0.2, -0.15) is 4.31 Å². The number of anilines is 1. The van der Waals surface area contributed by atoms with Gasteiger partial charge in [0.15, 0.2) is 0 Å². The number of cyclic esters (lactones) is 1. The fourth-order valence-electron chi connectivity index (χ4n) is 4.19. The van der Waals surface area contributed by atoms with Crippen LogP contribution < -0.4 is 9.64 Å². The van der Waals surface area contributed by atoms with Gasteiger partial charge < -0.3 is 9.47 Å². The lowest BCUT2D eigenvalue weighted by molar-refractivity contribution is 0.135. The molecule has 0 atom stereocenters. The first-order valence-electron chi connectivity index (χ1n) is 10.2. The van der Waals surface area contributed by atoms with Crippen LogP contribution in [0.1, 0.15) is 30.9 Å². The van der Waals surface area contributed by atoms with E-state index in [1.165, 1.54) is 4.31 Å². The average molecular weight is 431 g/mol. The molecule has 1 amide bonds. The van der Waals surface area contributed by atoms with Gasteiger partial charge in [-0.15, -0.1) is 0 Å². The fraction of sp³-hybridized carbons (Fsp3) is 0.409. The van der Waals surface area contributed by atoms with Crippen molar-refractivity contribution in [2.24, 2.45) is 0 Å². The van der Waals surface area contributed by atoms with Crippen molar-refractivity contribution in [3.63, 3.8) is 0 Å². The number of ether oxygens (including phenoxy) is 2. The highest BCUT2D eigenvalue weighted by atomic mass is 32.2. The van der Waals surface area contributed by atoms with E-state index in [2.05, 4.69) is 0 Å². The van der Waals surface area contributed by atoms with Crippen molar-refractivity contribution in [1.29, 1.82) is 0 Å². The number of rotatable bonds is 5. The minimum absolute atomic E-state index is 0.0983. The van der Waals surface area contributed by atoms with E-state index >= 15 is 0 Å². The number of para-hydroxylation sites is 1. The van der Waals surface area contributed by atoms with Gasteiger partial charge in [0.2, 0.25) is 10.0 Å². The fourth-order valence-corrected chi connectivity index (χ4v) is 5.70. The van der Waals surface area contributed by atoms with Crippen LogP contribution in [0.3, 0.4) is 0 Å². The summed E-state index contributed by atoms with van der Waals surface area (Å²) in [7, 11) is -3.62. The summed E-state index contributed by atoms with van der Waals surface area (Å²) in [5, 5.41) is 0. The summed E-state index contributed by atoms with van der Waals surface area (Å²) in [5.74, 6) is 0.539. The van der Waals surface area contributed by atoms with Crippen LogP contribution in [0.4, 0.5) is 10.5 Å². The Hall–Kier alpha value is -2.58. The molecule has 2 aromatic carbocycles. The molecule has 0 bridgehead atoms. The number of aryl methyl sites for hydroxylation is 1. The normalized spacial score (nSPS) is 18.1. The summed E-state index contributed by atoms with van der Waals surface area (Å²) < 4.78 is 38.5. The maximum absolute atomic E-state index is 13.1. The van der Waals surface area contributed by atoms with Gasteiger partial charge in [-0.3, -0.25) is 4.90 Å². The standard InChI is InChI=1S/C22H26N2O5S/c1-3-28-19-8-5-9-20(14-19)30(26,27)23-12-10-18(11-13-23)24-21-16(2)6-4-7-17(21)15-29-22(24)25/h4-9,14,18H,3,10-13,15H2,1-2H3. The van der Waals surface area contributed by atoms with Crippen LogP contribution in [0.2, 0.25) is 0 Å². The predicted octanol–water partition coefficient (Wildman–Crippen LogP) is 3.70. The zero-order chi connectivity index (χ0) is 21.3. The zero-order valence-corrected chi connectivity index (χ0v) is 18.0. The number of carbonyl (C=O) groups excluding carboxylic acids is 1. The second kappa shape index (κ2) is 8.28. The van der Waals surface area contributed by atoms with Gasteiger partial charge in [0.25, 0.3) is 0 Å². The summed E-state index contributed by atoms with van der Waals surface area (Å²) in [6, 6.07) is 12.4. The van der Waals surface area contributed by atoms with E-state index in [-0.39, 0.29) is 23.6 Å². The molecule has 8 heteroatoms. The molecular formula is C22H26N2O5S. The highest BCUT2D eigenvalue weighted by Gasteiger charge is 2.37. The second-order valence-corrected chi connectivity index (χ2v) is 9.49. The lowest BCUT2D eigenvalue weighted by Gasteiger charge is -2.40. The lowest BCUT2D eigenvalue weighted by atomic mass is 10.00. The van der Waals surface area contributed by atoms with Gasteiger partial charge in [-0.1, -0.05) is 24.3 Å². The Kier molecular flexibility index (Phi) is 5.71. The van der Waals surface area contributed by atoms with Crippen LogP contribution in [0.5, 0.6) is 5.75 Å². The van der Waals surface area contributed by atoms with Gasteiger partial charge in [0.1, 0.15) is 12.4 Å². The Morgan fingerprint density at radius 3 is 2.60 bits per heavy atom. The van der Waals surface area contributed by atoms with Crippen LogP contribution >= 0.6 is 0 Å². The number of nitrogens with zero attached hydrogens (tertiary/aromatic N) is 2. The van der Waals surface area contributed by atoms with Crippen LogP contribution in [0, 0.1) is 6.92 Å². The molecule has 160 valence electrons. The SMILES string of the molecule is CCOc1cccc(S(=O)(=O)N2CCC(N3C(=O)OCc4cccc(C)c43)CC2)c1. The molecule has 4 rings (SSSR count). The Balaban J connectivity index is 1.52. The Morgan fingerprint density at radius 2 is 1.87 bits per heavy atom. The molecule has 0 N–H and O–H groups in total. The van der Waals surface area contributed by atoms with Crippen LogP contribution in [0.15, 0.2) is 47.4 Å². The van der Waals surface area contributed by atoms with Gasteiger partial charge in [-0.05, 0) is 44.4 Å². The molecule has 0 saturated carbocycles. The van der Waals surface area contributed by atoms with Crippen molar-refractivity contribution in [3.05, 3.63) is 53.6 Å². The molecule has 2 aromatic rings. The first-order valence-corrected chi connectivity index (χ1v) is 11.6. The maximum Gasteiger partial charge on any atom is 0.414 e. The summed E-state index contributed by atoms with van der Waals surface area (Å²) in [6.45, 7) is 5.28. The minimum Gasteiger partial charge on any atom is -0.494 e. The van der Waals surface area contributed by atoms with Gasteiger partial charge in [-0.25, -0.2) is 13.2 Å². The number of hydrogen-bond acceptors (Lipinski definition) is 5. The molecule has 0 aromatic heterocycles. The van der Waals surface area contributed by atoms with Crippen molar-refractivity contribution in [3.8, 4) is 5.75 Å². The highest BCUT2D eigenvalue weighted by molar-refractivity contribution is 7.89. The number of benzene rings is 2. The Morgan fingerprint density at radius 1 is 1.13 bits per heavy atom. The quantitative estimate of drug-likeness (QED) is 0.723. The van der Waals surface area contributed by atoms with E-state index in [0.29, 0.717) is 38.3 Å². The summed E-state index contributed by atoms with van der Waals surface area (Å²) >= 11 is 0. The topological polar surface area (TPSA) is 76.2 Å². The smallest absolute Gasteiger partial charge is 0.414 e. The molecule has 2 heterocycles. The number of amides is 1. The predicted molar refractivity (Wildman–Crippen MR) is 113 cm³/mol. The summed E-state index contributed by atoms with van der Waals surface area (Å²) in [6.07, 6.45) is 0.739. The molecule has 2 aliphatic heterocycles. The summed E-state index contributed by atoms with van der Waals surface area (Å²) in [5.41, 5.74) is 2.91. The first-order chi connectivity index (χ1) is 14.4. The Bertz CT molecular complexity index is 1050. The number of sulfonamides is 1. The largest absolute Gasteiger partial charge is 0.494 e. The highest BCUT2D eigenvalue weighted by Crippen LogP contribution is 2.35. The molecule has 0 aliphatic carbocycles. The van der Waals surface area contributed by atoms with E-state index in [9.17, 15) is 13.2 Å². The van der Waals surface area contributed by atoms with E-state index in [1.54, 1.807) is 29.2 Å². The van der Waals surface area contributed by atoms with Crippen molar-refractivity contribution >= 4 is 21.8 Å². The van der Waals surface area contributed by atoms with Crippen molar-refractivity contribution in [1.82, 2.24) is 4.31 Å². The van der Waals surface area contributed by atoms with Crippen molar-refractivity contribution in [2.75, 3.05) is 24.6 Å². The third-order valence-electron chi connectivity index (χ3n) is 5.65. The average Bonchev–Trinajstić information content (AvgIpc) is 2.75. The van der Waals surface area contributed by atoms with Gasteiger partial charge in [0, 0.05) is 30.8 Å². The monoisotopic (exact) mass is 430 g/mol. The van der Waals surface area contributed by atoms with Crippen molar-refractivity contribution in [2.45, 2.75) is 44.2 Å². The molecule has 0 radical (unpaired) electrons. The summed E-state index contributed by atoms with van der Waals surface area (Å²) in [4.78, 5) is 14.5. The minimum atomic E-state index is -3.62. The third-order valence-corrected chi connectivity index (χ3v) is 7.55. The van der Waals surface area contributed by atoms with Crippen LogP contribution in [-0.4, -0.2) is 44.6 Å². The molecule has 7 nitrogen and oxygen atoms in total. The molecular weight excluding hydrogens is 404 g/mol. The number of carbonyl (C=O) groups is 1. The van der Waals surface area contributed by atoms with Crippen LogP contribution in [0.25, 0.3) is 0 Å². The van der Waals surface area contributed by atoms with Gasteiger partial charge in [0.05, 0.1) is 17.2 Å². The molecule has 0 unspecified atom stereocenters. The van der Waals surface area contributed by atoms with E-state index in [0.717, 1.165) is 16.8 Å². The van der Waals surface area contributed by atoms with E-state index < -0.39 is 10.0 Å². The second-order valence-electron chi connectivity index (χ2n) is 7.55. The third kappa shape index (κ3) is 3.77. The van der Waals surface area contributed by atoms with Crippen LogP contribution in [-0.2, 0) is 21.4 Å². The maximum atomic E-state index is 13.1. The molecule has 0 spiro atoms. The first kappa shape index (κ1) is 20.7. The number of hydrogen-bond donors (Lipinski definition) is 0.